The van der Waals surface area contributed by atoms with Gasteiger partial charge in [0.05, 0.1) is 57.8 Å². The second kappa shape index (κ2) is 10.9. The molecule has 5 nitrogen and oxygen atoms in total. The van der Waals surface area contributed by atoms with E-state index in [1.807, 2.05) is 60.7 Å². The van der Waals surface area contributed by atoms with Crippen LogP contribution in [0.4, 0.5) is 0 Å². The molecule has 2 fully saturated rings. The van der Waals surface area contributed by atoms with E-state index in [4.69, 9.17) is 23.7 Å². The number of benzene rings is 3. The molecular formula is C30H34O5. The Balaban J connectivity index is 1.29. The zero-order valence-electron chi connectivity index (χ0n) is 20.5. The van der Waals surface area contributed by atoms with Gasteiger partial charge in [0.2, 0.25) is 0 Å². The maximum Gasteiger partial charge on any atom is 0.118 e. The summed E-state index contributed by atoms with van der Waals surface area (Å²) in [6, 6.07) is 28.6. The van der Waals surface area contributed by atoms with Crippen molar-refractivity contribution < 1.29 is 23.7 Å². The summed E-state index contributed by atoms with van der Waals surface area (Å²) in [5, 5.41) is 0. The van der Waals surface area contributed by atoms with Gasteiger partial charge in [-0.15, -0.1) is 0 Å². The van der Waals surface area contributed by atoms with Crippen molar-refractivity contribution in [1.82, 2.24) is 0 Å². The van der Waals surface area contributed by atoms with Crippen molar-refractivity contribution >= 4 is 0 Å². The van der Waals surface area contributed by atoms with E-state index in [-0.39, 0.29) is 29.6 Å². The molecule has 184 valence electrons. The monoisotopic (exact) mass is 474 g/mol. The minimum Gasteiger partial charge on any atom is -0.497 e. The molecule has 2 aliphatic rings. The maximum atomic E-state index is 6.56. The van der Waals surface area contributed by atoms with Crippen LogP contribution in [-0.2, 0) is 38.8 Å². The van der Waals surface area contributed by atoms with Gasteiger partial charge in [-0.25, -0.2) is 0 Å². The van der Waals surface area contributed by atoms with Crippen molar-refractivity contribution in [1.29, 1.82) is 0 Å². The van der Waals surface area contributed by atoms with Crippen LogP contribution >= 0.6 is 0 Å². The Bertz CT molecular complexity index is 1060. The highest BCUT2D eigenvalue weighted by atomic mass is 16.6. The van der Waals surface area contributed by atoms with Crippen LogP contribution in [0, 0.1) is 11.3 Å². The van der Waals surface area contributed by atoms with E-state index in [1.165, 1.54) is 5.56 Å². The standard InChI is InChI=1S/C30H34O5/c1-22-27(33-18-25-13-15-26(31-2)16-14-25)28-29(34-19-24-11-7-4-8-12-24)30(22,21-35-28)20-32-17-23-9-5-3-6-10-23/h3-16,22,27-29H,17-21H2,1-2H3/t22-,27+,28+,29-,30+/m0/s1. The van der Waals surface area contributed by atoms with Crippen molar-refractivity contribution in [3.8, 4) is 5.75 Å². The predicted molar refractivity (Wildman–Crippen MR) is 134 cm³/mol. The van der Waals surface area contributed by atoms with Gasteiger partial charge >= 0.3 is 0 Å². The molecule has 1 aliphatic heterocycles. The lowest BCUT2D eigenvalue weighted by Crippen LogP contribution is -2.43. The number of hydrogen-bond donors (Lipinski definition) is 0. The Labute approximate surface area is 207 Å². The van der Waals surface area contributed by atoms with Gasteiger partial charge in [0.25, 0.3) is 0 Å². The predicted octanol–water partition coefficient (Wildman–Crippen LogP) is 5.42. The summed E-state index contributed by atoms with van der Waals surface area (Å²) in [4.78, 5) is 0. The largest absolute Gasteiger partial charge is 0.497 e. The molecule has 3 aromatic rings. The van der Waals surface area contributed by atoms with Crippen LogP contribution in [-0.4, -0.2) is 38.6 Å². The third-order valence-corrected chi connectivity index (χ3v) is 7.49. The zero-order chi connectivity index (χ0) is 24.1. The first-order valence-corrected chi connectivity index (χ1v) is 12.3. The fourth-order valence-electron chi connectivity index (χ4n) is 5.38. The van der Waals surface area contributed by atoms with Gasteiger partial charge in [-0.2, -0.15) is 0 Å². The number of ether oxygens (including phenoxy) is 5. The molecule has 0 aromatic heterocycles. The lowest BCUT2D eigenvalue weighted by atomic mass is 9.78. The summed E-state index contributed by atoms with van der Waals surface area (Å²) in [6.45, 7) is 5.08. The molecule has 1 heterocycles. The van der Waals surface area contributed by atoms with E-state index in [1.54, 1.807) is 7.11 Å². The third-order valence-electron chi connectivity index (χ3n) is 7.49. The Kier molecular flexibility index (Phi) is 7.49. The van der Waals surface area contributed by atoms with Crippen LogP contribution in [0.15, 0.2) is 84.9 Å². The van der Waals surface area contributed by atoms with Gasteiger partial charge in [-0.05, 0) is 34.7 Å². The second-order valence-electron chi connectivity index (χ2n) is 9.62. The van der Waals surface area contributed by atoms with E-state index >= 15 is 0 Å². The molecule has 5 heteroatoms. The molecule has 2 bridgehead atoms. The van der Waals surface area contributed by atoms with Gasteiger partial charge in [0.15, 0.2) is 0 Å². The SMILES string of the molecule is COc1ccc(CO[C@H]2[C@H]3OC[C@](COCc4ccccc4)([C@H]2C)[C@H]3OCc2ccccc2)cc1. The fourth-order valence-corrected chi connectivity index (χ4v) is 5.38. The van der Waals surface area contributed by atoms with Crippen LogP contribution in [0.25, 0.3) is 0 Å². The number of rotatable bonds is 11. The van der Waals surface area contributed by atoms with E-state index < -0.39 is 0 Å². The van der Waals surface area contributed by atoms with Gasteiger partial charge < -0.3 is 23.7 Å². The molecule has 35 heavy (non-hydrogen) atoms. The molecule has 1 saturated carbocycles. The number of methoxy groups -OCH3 is 1. The van der Waals surface area contributed by atoms with Crippen LogP contribution in [0.5, 0.6) is 5.75 Å². The molecule has 0 N–H and O–H groups in total. The minimum atomic E-state index is -0.251. The first-order chi connectivity index (χ1) is 17.2. The van der Waals surface area contributed by atoms with Crippen molar-refractivity contribution in [2.45, 2.75) is 45.1 Å². The normalized spacial score (nSPS) is 27.3. The van der Waals surface area contributed by atoms with Crippen molar-refractivity contribution in [3.05, 3.63) is 102 Å². The first kappa shape index (κ1) is 24.0. The lowest BCUT2D eigenvalue weighted by molar-refractivity contribution is -0.128. The molecule has 0 amide bonds. The minimum absolute atomic E-state index is 0.0630. The highest BCUT2D eigenvalue weighted by Gasteiger charge is 2.65. The second-order valence-corrected chi connectivity index (χ2v) is 9.62. The molecule has 5 rings (SSSR count). The van der Waals surface area contributed by atoms with E-state index in [0.29, 0.717) is 33.0 Å². The Morgan fingerprint density at radius 3 is 2.03 bits per heavy atom. The number of hydrogen-bond acceptors (Lipinski definition) is 5. The quantitative estimate of drug-likeness (QED) is 0.372. The summed E-state index contributed by atoms with van der Waals surface area (Å²) in [5.41, 5.74) is 3.18. The molecule has 3 aromatic carbocycles. The fraction of sp³-hybridized carbons (Fsp3) is 0.400. The van der Waals surface area contributed by atoms with Gasteiger partial charge in [0, 0.05) is 0 Å². The molecule has 1 saturated heterocycles. The smallest absolute Gasteiger partial charge is 0.118 e. The lowest BCUT2D eigenvalue weighted by Gasteiger charge is -2.37. The van der Waals surface area contributed by atoms with Gasteiger partial charge in [-0.1, -0.05) is 79.7 Å². The van der Waals surface area contributed by atoms with Crippen LogP contribution in [0.2, 0.25) is 0 Å². The Hall–Kier alpha value is -2.70. The first-order valence-electron chi connectivity index (χ1n) is 12.3. The van der Waals surface area contributed by atoms with Crippen LogP contribution in [0.1, 0.15) is 23.6 Å². The molecule has 0 unspecified atom stereocenters. The highest BCUT2D eigenvalue weighted by molar-refractivity contribution is 5.27. The van der Waals surface area contributed by atoms with E-state index in [9.17, 15) is 0 Å². The molecular weight excluding hydrogens is 440 g/mol. The van der Waals surface area contributed by atoms with Crippen molar-refractivity contribution in [3.63, 3.8) is 0 Å². The summed E-state index contributed by atoms with van der Waals surface area (Å²) in [7, 11) is 1.68. The Morgan fingerprint density at radius 1 is 0.771 bits per heavy atom. The van der Waals surface area contributed by atoms with Crippen molar-refractivity contribution in [2.24, 2.45) is 11.3 Å². The van der Waals surface area contributed by atoms with Gasteiger partial charge in [0.1, 0.15) is 11.9 Å². The highest BCUT2D eigenvalue weighted by Crippen LogP contribution is 2.53. The molecule has 0 spiro atoms. The average Bonchev–Trinajstić information content (AvgIpc) is 3.37. The van der Waals surface area contributed by atoms with Gasteiger partial charge in [-0.3, -0.25) is 0 Å². The Morgan fingerprint density at radius 2 is 1.37 bits per heavy atom. The third kappa shape index (κ3) is 5.14. The number of fused-ring (bicyclic) bond motifs is 2. The summed E-state index contributed by atoms with van der Waals surface area (Å²) in [5.74, 6) is 1.07. The van der Waals surface area contributed by atoms with E-state index in [0.717, 1.165) is 16.9 Å². The summed E-state index contributed by atoms with van der Waals surface area (Å²) < 4.78 is 30.9. The van der Waals surface area contributed by atoms with Crippen molar-refractivity contribution in [2.75, 3.05) is 20.3 Å². The molecule has 5 atom stereocenters. The zero-order valence-corrected chi connectivity index (χ0v) is 20.5. The maximum absolute atomic E-state index is 6.56. The van der Waals surface area contributed by atoms with Crippen LogP contribution in [0.3, 0.4) is 0 Å². The molecule has 0 radical (unpaired) electrons. The average molecular weight is 475 g/mol. The topological polar surface area (TPSA) is 46.2 Å². The van der Waals surface area contributed by atoms with Crippen LogP contribution < -0.4 is 4.74 Å². The molecule has 1 aliphatic carbocycles. The summed E-state index contributed by atoms with van der Waals surface area (Å²) >= 11 is 0. The summed E-state index contributed by atoms with van der Waals surface area (Å²) in [6.07, 6.45) is -0.270. The van der Waals surface area contributed by atoms with E-state index in [2.05, 4.69) is 31.2 Å².